The number of anilines is 2. The number of hydrogen-bond acceptors (Lipinski definition) is 3. The third-order valence-corrected chi connectivity index (χ3v) is 4.91. The molecule has 6 nitrogen and oxygen atoms in total. The van der Waals surface area contributed by atoms with E-state index in [9.17, 15) is 0 Å². The van der Waals surface area contributed by atoms with Gasteiger partial charge in [-0.15, -0.1) is 0 Å². The Labute approximate surface area is 185 Å². The molecule has 0 aliphatic heterocycles. The lowest BCUT2D eigenvalue weighted by Gasteiger charge is -2.07. The van der Waals surface area contributed by atoms with E-state index in [4.69, 9.17) is 23.8 Å². The van der Waals surface area contributed by atoms with Gasteiger partial charge >= 0.3 is 0 Å². The van der Waals surface area contributed by atoms with Crippen LogP contribution in [0.1, 0.15) is 16.7 Å². The number of thiocarbonyl (C=S) groups is 1. The second-order valence-corrected chi connectivity index (χ2v) is 7.86. The number of hydrogen-bond donors (Lipinski definition) is 2. The van der Waals surface area contributed by atoms with Gasteiger partial charge < -0.3 is 10.6 Å². The zero-order valence-corrected chi connectivity index (χ0v) is 18.0. The van der Waals surface area contributed by atoms with Crippen molar-refractivity contribution >= 4 is 40.4 Å². The molecule has 152 valence electrons. The monoisotopic (exact) mass is 436 g/mol. The molecule has 4 rings (SSSR count). The molecule has 0 atom stereocenters. The van der Waals surface area contributed by atoms with E-state index in [0.29, 0.717) is 29.0 Å². The van der Waals surface area contributed by atoms with E-state index >= 15 is 0 Å². The third-order valence-electron chi connectivity index (χ3n) is 4.47. The van der Waals surface area contributed by atoms with Gasteiger partial charge in [0, 0.05) is 23.5 Å². The van der Waals surface area contributed by atoms with Gasteiger partial charge in [-0.1, -0.05) is 53.6 Å². The highest BCUT2D eigenvalue weighted by atomic mass is 35.5. The number of rotatable bonds is 6. The maximum absolute atomic E-state index is 6.04. The first kappa shape index (κ1) is 20.1. The van der Waals surface area contributed by atoms with E-state index in [0.717, 1.165) is 11.3 Å². The Bertz CT molecular complexity index is 1150. The Balaban J connectivity index is 1.31. The molecule has 0 aliphatic carbocycles. The van der Waals surface area contributed by atoms with Crippen molar-refractivity contribution < 1.29 is 0 Å². The minimum absolute atomic E-state index is 0.456. The summed E-state index contributed by atoms with van der Waals surface area (Å²) >= 11 is 11.4. The predicted molar refractivity (Wildman–Crippen MR) is 125 cm³/mol. The summed E-state index contributed by atoms with van der Waals surface area (Å²) in [5.74, 6) is 0.668. The Morgan fingerprint density at radius 3 is 2.60 bits per heavy atom. The first-order valence-electron chi connectivity index (χ1n) is 9.47. The van der Waals surface area contributed by atoms with Crippen molar-refractivity contribution in [2.45, 2.75) is 20.0 Å². The van der Waals surface area contributed by atoms with Crippen LogP contribution in [0.15, 0.2) is 73.2 Å². The summed E-state index contributed by atoms with van der Waals surface area (Å²) in [6, 6.07) is 18.0. The van der Waals surface area contributed by atoms with Crippen LogP contribution in [0.3, 0.4) is 0 Å². The van der Waals surface area contributed by atoms with E-state index in [1.807, 2.05) is 52.1 Å². The predicted octanol–water partition coefficient (Wildman–Crippen LogP) is 4.95. The van der Waals surface area contributed by atoms with Gasteiger partial charge in [-0.25, -0.2) is 0 Å². The molecule has 0 bridgehead atoms. The molecule has 0 radical (unpaired) electrons. The van der Waals surface area contributed by atoms with Crippen LogP contribution in [0.2, 0.25) is 5.02 Å². The first-order chi connectivity index (χ1) is 14.5. The second-order valence-electron chi connectivity index (χ2n) is 7.02. The molecule has 2 N–H and O–H groups in total. The third kappa shape index (κ3) is 5.46. The van der Waals surface area contributed by atoms with E-state index in [1.165, 1.54) is 11.1 Å². The van der Waals surface area contributed by atoms with Gasteiger partial charge in [-0.3, -0.25) is 9.36 Å². The van der Waals surface area contributed by atoms with E-state index in [2.05, 4.69) is 52.0 Å². The van der Waals surface area contributed by atoms with Crippen LogP contribution in [0, 0.1) is 6.92 Å². The quantitative estimate of drug-likeness (QED) is 0.419. The number of nitrogens with zero attached hydrogens (tertiary/aromatic N) is 4. The van der Waals surface area contributed by atoms with Crippen LogP contribution >= 0.6 is 23.8 Å². The lowest BCUT2D eigenvalue weighted by molar-refractivity contribution is 0.687. The van der Waals surface area contributed by atoms with Gasteiger partial charge in [0.15, 0.2) is 10.9 Å². The van der Waals surface area contributed by atoms with Crippen LogP contribution in [0.25, 0.3) is 0 Å². The van der Waals surface area contributed by atoms with E-state index in [1.54, 1.807) is 6.20 Å². The molecule has 2 aromatic heterocycles. The topological polar surface area (TPSA) is 59.7 Å². The van der Waals surface area contributed by atoms with Gasteiger partial charge in [0.2, 0.25) is 0 Å². The average Bonchev–Trinajstić information content (AvgIpc) is 3.33. The summed E-state index contributed by atoms with van der Waals surface area (Å²) in [5.41, 5.74) is 4.34. The van der Waals surface area contributed by atoms with Crippen LogP contribution in [-0.4, -0.2) is 24.7 Å². The Morgan fingerprint density at radius 2 is 1.80 bits per heavy atom. The van der Waals surface area contributed by atoms with Gasteiger partial charge in [-0.2, -0.15) is 10.2 Å². The van der Waals surface area contributed by atoms with Crippen molar-refractivity contribution in [2.24, 2.45) is 0 Å². The summed E-state index contributed by atoms with van der Waals surface area (Å²) in [7, 11) is 0. The minimum atomic E-state index is 0.456. The molecule has 4 aromatic rings. The first-order valence-corrected chi connectivity index (χ1v) is 10.3. The fraction of sp³-hybridized carbons (Fsp3) is 0.136. The summed E-state index contributed by atoms with van der Waals surface area (Å²) in [5, 5.41) is 16.3. The van der Waals surface area contributed by atoms with Crippen LogP contribution in [-0.2, 0) is 13.1 Å². The molecule has 0 saturated heterocycles. The van der Waals surface area contributed by atoms with E-state index in [-0.39, 0.29) is 0 Å². The maximum atomic E-state index is 6.04. The smallest absolute Gasteiger partial charge is 0.176 e. The number of benzene rings is 2. The molecule has 0 spiro atoms. The molecule has 2 aromatic carbocycles. The largest absolute Gasteiger partial charge is 0.330 e. The highest BCUT2D eigenvalue weighted by Crippen LogP contribution is 2.13. The minimum Gasteiger partial charge on any atom is -0.330 e. The lowest BCUT2D eigenvalue weighted by Crippen LogP contribution is -2.19. The molecular weight excluding hydrogens is 416 g/mol. The zero-order valence-electron chi connectivity index (χ0n) is 16.4. The number of halogens is 1. The standard InChI is InChI=1S/C22H21ClN6S/c1-16-5-7-17(8-6-16)13-29-15-20(12-24-29)25-22(30)26-21-9-10-28(27-21)14-18-3-2-4-19(23)11-18/h2-12,15H,13-14H2,1H3,(H2,25,26,27,30). The molecule has 0 aliphatic rings. The number of aromatic nitrogens is 4. The number of aryl methyl sites for hydroxylation is 1. The second kappa shape index (κ2) is 9.11. The fourth-order valence-corrected chi connectivity index (χ4v) is 3.45. The Hall–Kier alpha value is -3.16. The van der Waals surface area contributed by atoms with Crippen LogP contribution in [0.5, 0.6) is 0 Å². The van der Waals surface area contributed by atoms with Crippen LogP contribution in [0.4, 0.5) is 11.5 Å². The highest BCUT2D eigenvalue weighted by Gasteiger charge is 2.06. The van der Waals surface area contributed by atoms with Crippen molar-refractivity contribution in [3.8, 4) is 0 Å². The van der Waals surface area contributed by atoms with Gasteiger partial charge in [0.1, 0.15) is 0 Å². The molecule has 0 amide bonds. The SMILES string of the molecule is Cc1ccc(Cn2cc(NC(=S)Nc3ccn(Cc4cccc(Cl)c4)n3)cn2)cc1. The van der Waals surface area contributed by atoms with Crippen molar-refractivity contribution in [3.05, 3.63) is 94.9 Å². The van der Waals surface area contributed by atoms with Crippen LogP contribution < -0.4 is 10.6 Å². The summed E-state index contributed by atoms with van der Waals surface area (Å²) in [6.45, 7) is 3.41. The Morgan fingerprint density at radius 1 is 1.00 bits per heavy atom. The maximum Gasteiger partial charge on any atom is 0.176 e. The van der Waals surface area contributed by atoms with Crippen molar-refractivity contribution in [2.75, 3.05) is 10.6 Å². The van der Waals surface area contributed by atoms with Crippen molar-refractivity contribution in [1.82, 2.24) is 19.6 Å². The zero-order chi connectivity index (χ0) is 20.9. The molecule has 2 heterocycles. The molecule has 0 unspecified atom stereocenters. The average molecular weight is 437 g/mol. The molecular formula is C22H21ClN6S. The summed E-state index contributed by atoms with van der Waals surface area (Å²) in [4.78, 5) is 0. The molecule has 30 heavy (non-hydrogen) atoms. The van der Waals surface area contributed by atoms with Crippen molar-refractivity contribution in [3.63, 3.8) is 0 Å². The van der Waals surface area contributed by atoms with Gasteiger partial charge in [0.05, 0.1) is 25.0 Å². The Kier molecular flexibility index (Phi) is 6.11. The fourth-order valence-electron chi connectivity index (χ4n) is 3.01. The van der Waals surface area contributed by atoms with E-state index < -0.39 is 0 Å². The number of nitrogens with one attached hydrogen (secondary N) is 2. The molecule has 0 saturated carbocycles. The van der Waals surface area contributed by atoms with Gasteiger partial charge in [-0.05, 0) is 42.4 Å². The van der Waals surface area contributed by atoms with Crippen molar-refractivity contribution in [1.29, 1.82) is 0 Å². The molecule has 0 fully saturated rings. The van der Waals surface area contributed by atoms with Gasteiger partial charge in [0.25, 0.3) is 0 Å². The summed E-state index contributed by atoms with van der Waals surface area (Å²) < 4.78 is 3.70. The normalized spacial score (nSPS) is 10.7. The molecule has 8 heteroatoms. The summed E-state index contributed by atoms with van der Waals surface area (Å²) in [6.07, 6.45) is 5.57. The highest BCUT2D eigenvalue weighted by molar-refractivity contribution is 7.80. The lowest BCUT2D eigenvalue weighted by atomic mass is 10.1.